The van der Waals surface area contributed by atoms with Gasteiger partial charge < -0.3 is 4.57 Å². The Morgan fingerprint density at radius 2 is 1.93 bits per heavy atom. The molecule has 0 saturated heterocycles. The molecule has 74 valence electrons. The molecule has 2 aromatic heterocycles. The highest BCUT2D eigenvalue weighted by Crippen LogP contribution is 2.33. The van der Waals surface area contributed by atoms with E-state index in [1.54, 1.807) is 0 Å². The fourth-order valence-corrected chi connectivity index (χ4v) is 2.87. The van der Waals surface area contributed by atoms with Gasteiger partial charge in [0.05, 0.1) is 0 Å². The summed E-state index contributed by atoms with van der Waals surface area (Å²) in [6.07, 6.45) is 2.09. The van der Waals surface area contributed by atoms with Crippen molar-refractivity contribution >= 4 is 21.4 Å². The molecule has 0 aliphatic rings. The van der Waals surface area contributed by atoms with Gasteiger partial charge in [-0.25, -0.2) is 0 Å². The molecule has 3 rings (SSSR count). The highest BCUT2D eigenvalue weighted by Gasteiger charge is 2.07. The van der Waals surface area contributed by atoms with Gasteiger partial charge in [-0.05, 0) is 18.2 Å². The van der Waals surface area contributed by atoms with Crippen LogP contribution in [0.2, 0.25) is 0 Å². The third-order valence-corrected chi connectivity index (χ3v) is 3.66. The standard InChI is InChI=1S/C13H11NS/c1-14-8-4-6-12(14)11-9-15-13-7-3-2-5-10(11)13/h2-9H,1H3. The molecule has 1 aromatic carbocycles. The van der Waals surface area contributed by atoms with Gasteiger partial charge in [-0.1, -0.05) is 18.2 Å². The van der Waals surface area contributed by atoms with Crippen molar-refractivity contribution in [2.24, 2.45) is 7.05 Å². The Hall–Kier alpha value is -1.54. The maximum atomic E-state index is 2.24. The number of nitrogens with zero attached hydrogens (tertiary/aromatic N) is 1. The molecular weight excluding hydrogens is 202 g/mol. The summed E-state index contributed by atoms with van der Waals surface area (Å²) in [5.74, 6) is 0. The van der Waals surface area contributed by atoms with Crippen molar-refractivity contribution in [2.45, 2.75) is 0 Å². The van der Waals surface area contributed by atoms with Gasteiger partial charge in [0, 0.05) is 40.0 Å². The first-order valence-electron chi connectivity index (χ1n) is 4.94. The zero-order valence-corrected chi connectivity index (χ0v) is 9.29. The molecule has 0 aliphatic carbocycles. The molecule has 0 spiro atoms. The average molecular weight is 213 g/mol. The highest BCUT2D eigenvalue weighted by atomic mass is 32.1. The van der Waals surface area contributed by atoms with Crippen LogP contribution in [0.4, 0.5) is 0 Å². The minimum Gasteiger partial charge on any atom is -0.351 e. The van der Waals surface area contributed by atoms with Gasteiger partial charge in [0.15, 0.2) is 0 Å². The number of hydrogen-bond acceptors (Lipinski definition) is 1. The van der Waals surface area contributed by atoms with Gasteiger partial charge in [0.1, 0.15) is 0 Å². The molecule has 3 aromatic rings. The molecule has 0 unspecified atom stereocenters. The SMILES string of the molecule is Cn1cccc1-c1csc2ccccc12. The second-order valence-electron chi connectivity index (χ2n) is 3.65. The fourth-order valence-electron chi connectivity index (χ4n) is 1.92. The molecule has 2 heteroatoms. The van der Waals surface area contributed by atoms with Crippen LogP contribution >= 0.6 is 11.3 Å². The maximum Gasteiger partial charge on any atom is 0.0492 e. The summed E-state index contributed by atoms with van der Waals surface area (Å²) < 4.78 is 3.52. The van der Waals surface area contributed by atoms with E-state index < -0.39 is 0 Å². The Kier molecular flexibility index (Phi) is 1.89. The second kappa shape index (κ2) is 3.24. The normalized spacial score (nSPS) is 11.0. The van der Waals surface area contributed by atoms with Crippen LogP contribution in [0.1, 0.15) is 0 Å². The van der Waals surface area contributed by atoms with Crippen LogP contribution in [0.5, 0.6) is 0 Å². The molecule has 0 bridgehead atoms. The molecule has 0 radical (unpaired) electrons. The summed E-state index contributed by atoms with van der Waals surface area (Å²) in [6, 6.07) is 12.8. The summed E-state index contributed by atoms with van der Waals surface area (Å²) >= 11 is 1.81. The first-order chi connectivity index (χ1) is 7.36. The molecule has 0 amide bonds. The van der Waals surface area contributed by atoms with Crippen LogP contribution < -0.4 is 0 Å². The zero-order valence-electron chi connectivity index (χ0n) is 8.47. The highest BCUT2D eigenvalue weighted by molar-refractivity contribution is 7.17. The lowest BCUT2D eigenvalue weighted by molar-refractivity contribution is 0.939. The average Bonchev–Trinajstić information content (AvgIpc) is 2.83. The van der Waals surface area contributed by atoms with Crippen LogP contribution in [0.3, 0.4) is 0 Å². The minimum absolute atomic E-state index is 1.28. The topological polar surface area (TPSA) is 4.93 Å². The smallest absolute Gasteiger partial charge is 0.0492 e. The van der Waals surface area contributed by atoms with E-state index >= 15 is 0 Å². The van der Waals surface area contributed by atoms with E-state index in [1.165, 1.54) is 21.3 Å². The number of aromatic nitrogens is 1. The number of fused-ring (bicyclic) bond motifs is 1. The Morgan fingerprint density at radius 3 is 2.73 bits per heavy atom. The molecule has 15 heavy (non-hydrogen) atoms. The number of rotatable bonds is 1. The van der Waals surface area contributed by atoms with Crippen molar-refractivity contribution in [2.75, 3.05) is 0 Å². The number of benzene rings is 1. The van der Waals surface area contributed by atoms with E-state index in [1.807, 2.05) is 11.3 Å². The summed E-state index contributed by atoms with van der Waals surface area (Å²) in [5, 5.41) is 3.59. The Bertz CT molecular complexity index is 604. The van der Waals surface area contributed by atoms with Crippen LogP contribution in [0, 0.1) is 0 Å². The third kappa shape index (κ3) is 1.29. The van der Waals surface area contributed by atoms with Crippen molar-refractivity contribution in [3.8, 4) is 11.3 Å². The largest absolute Gasteiger partial charge is 0.351 e. The Labute approximate surface area is 92.6 Å². The predicted octanol–water partition coefficient (Wildman–Crippen LogP) is 3.91. The molecule has 0 aliphatic heterocycles. The number of hydrogen-bond donors (Lipinski definition) is 0. The monoisotopic (exact) mass is 213 g/mol. The number of thiophene rings is 1. The van der Waals surface area contributed by atoms with Gasteiger partial charge in [-0.3, -0.25) is 0 Å². The van der Waals surface area contributed by atoms with Crippen molar-refractivity contribution in [3.05, 3.63) is 48.0 Å². The molecular formula is C13H11NS. The van der Waals surface area contributed by atoms with E-state index in [-0.39, 0.29) is 0 Å². The minimum atomic E-state index is 1.28. The van der Waals surface area contributed by atoms with Crippen molar-refractivity contribution in [1.82, 2.24) is 4.57 Å². The summed E-state index contributed by atoms with van der Waals surface area (Å²) in [5.41, 5.74) is 2.62. The van der Waals surface area contributed by atoms with Crippen molar-refractivity contribution < 1.29 is 0 Å². The van der Waals surface area contributed by atoms with E-state index in [0.29, 0.717) is 0 Å². The molecule has 0 atom stereocenters. The second-order valence-corrected chi connectivity index (χ2v) is 4.56. The van der Waals surface area contributed by atoms with E-state index in [2.05, 4.69) is 59.6 Å². The molecule has 0 N–H and O–H groups in total. The lowest BCUT2D eigenvalue weighted by Crippen LogP contribution is -1.87. The Balaban J connectivity index is 2.32. The molecule has 0 fully saturated rings. The first kappa shape index (κ1) is 8.74. The van der Waals surface area contributed by atoms with Crippen molar-refractivity contribution in [3.63, 3.8) is 0 Å². The maximum absolute atomic E-state index is 2.24. The van der Waals surface area contributed by atoms with Gasteiger partial charge in [-0.15, -0.1) is 11.3 Å². The van der Waals surface area contributed by atoms with E-state index in [9.17, 15) is 0 Å². The van der Waals surface area contributed by atoms with Crippen LogP contribution in [0.25, 0.3) is 21.3 Å². The quantitative estimate of drug-likeness (QED) is 0.577. The van der Waals surface area contributed by atoms with Crippen LogP contribution in [-0.2, 0) is 7.05 Å². The van der Waals surface area contributed by atoms with Crippen molar-refractivity contribution in [1.29, 1.82) is 0 Å². The van der Waals surface area contributed by atoms with Gasteiger partial charge in [-0.2, -0.15) is 0 Å². The molecule has 1 nitrogen and oxygen atoms in total. The van der Waals surface area contributed by atoms with E-state index in [4.69, 9.17) is 0 Å². The zero-order chi connectivity index (χ0) is 10.3. The van der Waals surface area contributed by atoms with Gasteiger partial charge in [0.25, 0.3) is 0 Å². The molecule has 2 heterocycles. The Morgan fingerprint density at radius 1 is 1.07 bits per heavy atom. The summed E-state index contributed by atoms with van der Waals surface area (Å²) in [4.78, 5) is 0. The number of aryl methyl sites for hydroxylation is 1. The summed E-state index contributed by atoms with van der Waals surface area (Å²) in [7, 11) is 2.09. The van der Waals surface area contributed by atoms with E-state index in [0.717, 1.165) is 0 Å². The van der Waals surface area contributed by atoms with Crippen LogP contribution in [0.15, 0.2) is 48.0 Å². The lowest BCUT2D eigenvalue weighted by Gasteiger charge is -2.01. The summed E-state index contributed by atoms with van der Waals surface area (Å²) in [6.45, 7) is 0. The van der Waals surface area contributed by atoms with Gasteiger partial charge in [0.2, 0.25) is 0 Å². The molecule has 0 saturated carbocycles. The first-order valence-corrected chi connectivity index (χ1v) is 5.82. The predicted molar refractivity (Wildman–Crippen MR) is 66.2 cm³/mol. The van der Waals surface area contributed by atoms with Crippen LogP contribution in [-0.4, -0.2) is 4.57 Å². The third-order valence-electron chi connectivity index (χ3n) is 2.70. The van der Waals surface area contributed by atoms with Gasteiger partial charge >= 0.3 is 0 Å². The fraction of sp³-hybridized carbons (Fsp3) is 0.0769. The lowest BCUT2D eigenvalue weighted by atomic mass is 10.1.